The minimum Gasteiger partial charge on any atom is -0.394 e. The summed E-state index contributed by atoms with van der Waals surface area (Å²) in [6, 6.07) is 15.7. The molecule has 3 fully saturated rings. The second kappa shape index (κ2) is 10.2. The number of hydrogen-bond donors (Lipinski definition) is 3. The van der Waals surface area contributed by atoms with Gasteiger partial charge in [-0.1, -0.05) is 63.6 Å². The van der Waals surface area contributed by atoms with Gasteiger partial charge in [0, 0.05) is 16.6 Å². The van der Waals surface area contributed by atoms with Crippen LogP contribution in [0.5, 0.6) is 0 Å². The molecule has 10 nitrogen and oxygen atoms in total. The Bertz CT molecular complexity index is 1420. The van der Waals surface area contributed by atoms with E-state index in [9.17, 15) is 19.5 Å². The van der Waals surface area contributed by atoms with Crippen LogP contribution in [0, 0.1) is 11.8 Å². The topological polar surface area (TPSA) is 129 Å². The first-order chi connectivity index (χ1) is 18.9. The second-order valence-corrected chi connectivity index (χ2v) is 13.1. The number of carbonyl (C=O) groups is 3. The lowest BCUT2D eigenvalue weighted by Crippen LogP contribution is -2.56. The molecule has 39 heavy (non-hydrogen) atoms. The molecule has 7 atom stereocenters. The Morgan fingerprint density at radius 3 is 2.67 bits per heavy atom. The number of alkyl halides is 1. The number of fused-ring (bicyclic) bond motifs is 2. The van der Waals surface area contributed by atoms with Gasteiger partial charge >= 0.3 is 0 Å². The minimum absolute atomic E-state index is 0.0297. The predicted octanol–water partition coefficient (Wildman–Crippen LogP) is 1.67. The smallest absolute Gasteiger partial charge is 0.245 e. The Hall–Kier alpha value is -2.96. The number of halogens is 1. The van der Waals surface area contributed by atoms with Crippen molar-refractivity contribution in [2.45, 2.75) is 53.5 Å². The highest BCUT2D eigenvalue weighted by molar-refractivity contribution is 9.09. The number of aliphatic hydroxyl groups is 1. The highest BCUT2D eigenvalue weighted by Gasteiger charge is 2.75. The number of aromatic nitrogens is 3. The van der Waals surface area contributed by atoms with Crippen LogP contribution in [0.15, 0.2) is 54.6 Å². The van der Waals surface area contributed by atoms with Crippen molar-refractivity contribution in [3.63, 3.8) is 0 Å². The summed E-state index contributed by atoms with van der Waals surface area (Å²) in [7, 11) is 0. The molecule has 0 saturated carbocycles. The van der Waals surface area contributed by atoms with Crippen molar-refractivity contribution in [1.29, 1.82) is 0 Å². The number of para-hydroxylation sites is 1. The molecule has 3 N–H and O–H groups in total. The van der Waals surface area contributed by atoms with Gasteiger partial charge in [0.2, 0.25) is 17.7 Å². The molecule has 1 aromatic heterocycles. The van der Waals surface area contributed by atoms with Gasteiger partial charge in [0.25, 0.3) is 0 Å². The molecule has 1 spiro atoms. The van der Waals surface area contributed by atoms with Gasteiger partial charge in [0.15, 0.2) is 0 Å². The maximum atomic E-state index is 14.0. The van der Waals surface area contributed by atoms with E-state index in [4.69, 9.17) is 0 Å². The van der Waals surface area contributed by atoms with Crippen LogP contribution in [0.25, 0.3) is 11.0 Å². The lowest BCUT2D eigenvalue weighted by atomic mass is 9.70. The van der Waals surface area contributed by atoms with Crippen LogP contribution in [-0.4, -0.2) is 76.2 Å². The molecule has 3 aliphatic heterocycles. The fraction of sp³-hybridized carbons (Fsp3) is 0.444. The van der Waals surface area contributed by atoms with E-state index < -0.39 is 28.7 Å². The van der Waals surface area contributed by atoms with Crippen LogP contribution >= 0.6 is 27.7 Å². The number of carbonyl (C=O) groups excluding carboxylic acids is 3. The predicted molar refractivity (Wildman–Crippen MR) is 150 cm³/mol. The van der Waals surface area contributed by atoms with Crippen LogP contribution in [0.4, 0.5) is 0 Å². The number of benzene rings is 2. The summed E-state index contributed by atoms with van der Waals surface area (Å²) in [4.78, 5) is 42.9. The zero-order valence-corrected chi connectivity index (χ0v) is 23.6. The first-order valence-electron chi connectivity index (χ1n) is 13.0. The van der Waals surface area contributed by atoms with Crippen molar-refractivity contribution >= 4 is 56.4 Å². The third kappa shape index (κ3) is 4.23. The van der Waals surface area contributed by atoms with Crippen LogP contribution < -0.4 is 10.6 Å². The van der Waals surface area contributed by atoms with Crippen molar-refractivity contribution in [2.24, 2.45) is 11.8 Å². The first-order valence-corrected chi connectivity index (χ1v) is 14.8. The number of amides is 3. The van der Waals surface area contributed by atoms with Crippen molar-refractivity contribution in [3.05, 3.63) is 60.2 Å². The maximum Gasteiger partial charge on any atom is 0.245 e. The normalized spacial score (nSPS) is 30.0. The van der Waals surface area contributed by atoms with Crippen molar-refractivity contribution in [2.75, 3.05) is 6.61 Å². The Morgan fingerprint density at radius 1 is 1.15 bits per heavy atom. The molecule has 6 rings (SSSR count). The van der Waals surface area contributed by atoms with E-state index in [1.165, 1.54) is 4.90 Å². The molecule has 2 aromatic carbocycles. The largest absolute Gasteiger partial charge is 0.394 e. The monoisotopic (exact) mass is 612 g/mol. The molecular weight excluding hydrogens is 584 g/mol. The van der Waals surface area contributed by atoms with E-state index in [2.05, 4.69) is 36.9 Å². The standard InChI is InChI=1S/C27H29BrN6O4S/c1-15(13-35)34-23(25(37)30-14-33-19-10-6-5-9-18(19)31-32-33)27-11-17(28)22(39-27)20(21(27)26(34)38)24(36)29-12-16-7-3-2-4-8-16/h2-10,15,17,20-23,35H,11-14H2,1H3,(H,29,36)(H,30,37)/t15-,17?,20-,21+,22-,23?,27?/m1/s1. The SMILES string of the molecule is C[C@H](CO)N1C(=O)[C@@H]2[C@@H](C(=O)NCc3ccccc3)[C@@H]3SC2(CC3Br)C1C(=O)NCn1nnc2ccccc21. The van der Waals surface area contributed by atoms with Gasteiger partial charge in [0.1, 0.15) is 18.2 Å². The zero-order valence-electron chi connectivity index (χ0n) is 21.2. The third-order valence-electron chi connectivity index (χ3n) is 8.15. The van der Waals surface area contributed by atoms with Gasteiger partial charge in [-0.25, -0.2) is 4.68 Å². The molecule has 2 bridgehead atoms. The highest BCUT2D eigenvalue weighted by Crippen LogP contribution is 2.67. The Kier molecular flexibility index (Phi) is 6.88. The number of nitrogens with zero attached hydrogens (tertiary/aromatic N) is 4. The quantitative estimate of drug-likeness (QED) is 0.330. The zero-order chi connectivity index (χ0) is 27.3. The van der Waals surface area contributed by atoms with E-state index in [1.54, 1.807) is 23.4 Å². The molecule has 204 valence electrons. The van der Waals surface area contributed by atoms with Crippen LogP contribution in [-0.2, 0) is 27.6 Å². The average molecular weight is 614 g/mol. The van der Waals surface area contributed by atoms with E-state index in [0.717, 1.165) is 11.1 Å². The minimum atomic E-state index is -0.839. The van der Waals surface area contributed by atoms with E-state index >= 15 is 0 Å². The number of hydrogen-bond acceptors (Lipinski definition) is 7. The van der Waals surface area contributed by atoms with Gasteiger partial charge in [-0.05, 0) is 31.0 Å². The summed E-state index contributed by atoms with van der Waals surface area (Å²) < 4.78 is 0.813. The third-order valence-corrected chi connectivity index (χ3v) is 11.4. The number of likely N-dealkylation sites (tertiary alicyclic amines) is 1. The van der Waals surface area contributed by atoms with Crippen LogP contribution in [0.1, 0.15) is 18.9 Å². The van der Waals surface area contributed by atoms with Gasteiger partial charge in [-0.2, -0.15) is 0 Å². The molecule has 0 aliphatic carbocycles. The van der Waals surface area contributed by atoms with Gasteiger partial charge in [-0.3, -0.25) is 14.4 Å². The summed E-state index contributed by atoms with van der Waals surface area (Å²) >= 11 is 5.33. The molecule has 3 aliphatic rings. The number of thioether (sulfide) groups is 1. The van der Waals surface area contributed by atoms with Crippen molar-refractivity contribution in [1.82, 2.24) is 30.5 Å². The fourth-order valence-corrected chi connectivity index (χ4v) is 10.0. The second-order valence-electron chi connectivity index (χ2n) is 10.4. The maximum absolute atomic E-state index is 14.0. The molecule has 3 amide bonds. The molecule has 3 unspecified atom stereocenters. The number of aliphatic hydroxyl groups excluding tert-OH is 1. The molecule has 12 heteroatoms. The molecule has 3 saturated heterocycles. The summed E-state index contributed by atoms with van der Waals surface area (Å²) in [6.45, 7) is 1.89. The van der Waals surface area contributed by atoms with Gasteiger partial charge < -0.3 is 20.6 Å². The summed E-state index contributed by atoms with van der Waals surface area (Å²) in [5.74, 6) is -2.02. The summed E-state index contributed by atoms with van der Waals surface area (Å²) in [6.07, 6.45) is 0.570. The summed E-state index contributed by atoms with van der Waals surface area (Å²) in [5.41, 5.74) is 2.47. The average Bonchev–Trinajstić information content (AvgIpc) is 3.67. The van der Waals surface area contributed by atoms with Crippen LogP contribution in [0.2, 0.25) is 0 Å². The van der Waals surface area contributed by atoms with Crippen molar-refractivity contribution in [3.8, 4) is 0 Å². The lowest BCUT2D eigenvalue weighted by molar-refractivity contribution is -0.142. The van der Waals surface area contributed by atoms with E-state index in [0.29, 0.717) is 18.5 Å². The van der Waals surface area contributed by atoms with Gasteiger partial charge in [0.05, 0.1) is 34.7 Å². The molecule has 0 radical (unpaired) electrons. The Morgan fingerprint density at radius 2 is 1.90 bits per heavy atom. The molecule has 3 aromatic rings. The van der Waals surface area contributed by atoms with Gasteiger partial charge in [-0.15, -0.1) is 16.9 Å². The first kappa shape index (κ1) is 26.3. The van der Waals surface area contributed by atoms with Crippen LogP contribution in [0.3, 0.4) is 0 Å². The fourth-order valence-electron chi connectivity index (χ4n) is 6.42. The lowest BCUT2D eigenvalue weighted by Gasteiger charge is -2.36. The summed E-state index contributed by atoms with van der Waals surface area (Å²) in [5, 5.41) is 24.2. The molecular formula is C27H29BrN6O4S. The molecule has 4 heterocycles. The Balaban J connectivity index is 1.28. The number of rotatable bonds is 8. The Labute approximate surface area is 238 Å². The van der Waals surface area contributed by atoms with Crippen molar-refractivity contribution < 1.29 is 19.5 Å². The highest BCUT2D eigenvalue weighted by atomic mass is 79.9. The van der Waals surface area contributed by atoms with E-state index in [-0.39, 0.29) is 41.1 Å². The number of nitrogens with one attached hydrogen (secondary N) is 2. The van der Waals surface area contributed by atoms with E-state index in [1.807, 2.05) is 54.6 Å².